The minimum absolute atomic E-state index is 0.140. The third kappa shape index (κ3) is 4.30. The second-order valence-electron chi connectivity index (χ2n) is 3.72. The zero-order chi connectivity index (χ0) is 12.7. The lowest BCUT2D eigenvalue weighted by molar-refractivity contribution is -0.145. The van der Waals surface area contributed by atoms with Crippen LogP contribution in [-0.2, 0) is 9.47 Å². The molecule has 0 spiro atoms. The van der Waals surface area contributed by atoms with E-state index < -0.39 is 18.3 Å². The second kappa shape index (κ2) is 7.21. The highest BCUT2D eigenvalue weighted by atomic mass is 16.5. The van der Waals surface area contributed by atoms with Gasteiger partial charge in [0.1, 0.15) is 18.8 Å². The molecule has 1 saturated heterocycles. The summed E-state index contributed by atoms with van der Waals surface area (Å²) in [6.07, 6.45) is 3.07. The smallest absolute Gasteiger partial charge is 0.212 e. The predicted octanol–water partition coefficient (Wildman–Crippen LogP) is 0.632. The molecular formula is C12H19NO4. The second-order valence-corrected chi connectivity index (χ2v) is 3.72. The largest absolute Gasteiger partial charge is 0.475 e. The molecule has 0 aliphatic carbocycles. The molecule has 0 aromatic carbocycles. The van der Waals surface area contributed by atoms with Gasteiger partial charge < -0.3 is 19.7 Å². The first kappa shape index (κ1) is 13.9. The fourth-order valence-corrected chi connectivity index (χ4v) is 1.47. The van der Waals surface area contributed by atoms with Crippen LogP contribution in [0.15, 0.2) is 29.9 Å². The zero-order valence-electron chi connectivity index (χ0n) is 9.95. The molecule has 1 fully saturated rings. The Kier molecular flexibility index (Phi) is 5.90. The Morgan fingerprint density at radius 3 is 3.00 bits per heavy atom. The molecule has 2 N–H and O–H groups in total. The summed E-state index contributed by atoms with van der Waals surface area (Å²) in [6, 6.07) is 0. The molecule has 1 aliphatic rings. The maximum absolute atomic E-state index is 9.66. The molecule has 0 radical (unpaired) electrons. The van der Waals surface area contributed by atoms with Gasteiger partial charge in [-0.05, 0) is 19.4 Å². The minimum atomic E-state index is -0.920. The quantitative estimate of drug-likeness (QED) is 0.559. The van der Waals surface area contributed by atoms with Crippen molar-refractivity contribution in [1.29, 1.82) is 0 Å². The van der Waals surface area contributed by atoms with Gasteiger partial charge in [-0.15, -0.1) is 0 Å². The summed E-state index contributed by atoms with van der Waals surface area (Å²) in [4.78, 5) is 3.99. The topological polar surface area (TPSA) is 71.3 Å². The number of ether oxygens (including phenoxy) is 2. The first-order valence-electron chi connectivity index (χ1n) is 5.61. The van der Waals surface area contributed by atoms with E-state index in [2.05, 4.69) is 11.6 Å². The number of rotatable bonds is 4. The van der Waals surface area contributed by atoms with Gasteiger partial charge >= 0.3 is 0 Å². The molecule has 0 unspecified atom stereocenters. The van der Waals surface area contributed by atoms with Crippen molar-refractivity contribution >= 4 is 5.90 Å². The van der Waals surface area contributed by atoms with Gasteiger partial charge in [0.05, 0.1) is 6.10 Å². The Hall–Kier alpha value is -1.17. The monoisotopic (exact) mass is 241 g/mol. The van der Waals surface area contributed by atoms with Gasteiger partial charge in [0, 0.05) is 12.8 Å². The zero-order valence-corrected chi connectivity index (χ0v) is 9.95. The highest BCUT2D eigenvalue weighted by molar-refractivity contribution is 5.87. The van der Waals surface area contributed by atoms with E-state index in [0.717, 1.165) is 0 Å². The third-order valence-corrected chi connectivity index (χ3v) is 2.44. The van der Waals surface area contributed by atoms with Crippen molar-refractivity contribution in [2.45, 2.75) is 31.7 Å². The number of aliphatic hydroxyl groups is 2. The SMILES string of the molecule is C=CC(=N/C=C\C)OC[C@H]1OCC[C@@H](O)[C@H]1O. The number of hydrogen-bond donors (Lipinski definition) is 2. The van der Waals surface area contributed by atoms with Crippen LogP contribution in [0.4, 0.5) is 0 Å². The van der Waals surface area contributed by atoms with Crippen LogP contribution in [0.25, 0.3) is 0 Å². The molecule has 3 atom stereocenters. The molecule has 5 heteroatoms. The first-order valence-corrected chi connectivity index (χ1v) is 5.61. The Labute approximate surface area is 101 Å². The van der Waals surface area contributed by atoms with Crippen molar-refractivity contribution in [2.24, 2.45) is 4.99 Å². The highest BCUT2D eigenvalue weighted by Crippen LogP contribution is 2.15. The number of nitrogens with zero attached hydrogens (tertiary/aromatic N) is 1. The van der Waals surface area contributed by atoms with Gasteiger partial charge in [-0.25, -0.2) is 4.99 Å². The summed E-state index contributed by atoms with van der Waals surface area (Å²) in [6.45, 7) is 5.97. The average molecular weight is 241 g/mol. The van der Waals surface area contributed by atoms with E-state index in [1.807, 2.05) is 6.92 Å². The van der Waals surface area contributed by atoms with E-state index in [4.69, 9.17) is 9.47 Å². The molecule has 0 saturated carbocycles. The fourth-order valence-electron chi connectivity index (χ4n) is 1.47. The number of aliphatic imine (C=N–C) groups is 1. The summed E-state index contributed by atoms with van der Waals surface area (Å²) < 4.78 is 10.7. The van der Waals surface area contributed by atoms with Crippen LogP contribution < -0.4 is 0 Å². The maximum atomic E-state index is 9.66. The molecular weight excluding hydrogens is 222 g/mol. The normalized spacial score (nSPS) is 30.5. The highest BCUT2D eigenvalue weighted by Gasteiger charge is 2.31. The van der Waals surface area contributed by atoms with Crippen LogP contribution in [0.5, 0.6) is 0 Å². The van der Waals surface area contributed by atoms with Crippen molar-refractivity contribution in [3.05, 3.63) is 24.9 Å². The van der Waals surface area contributed by atoms with Crippen LogP contribution in [0, 0.1) is 0 Å². The van der Waals surface area contributed by atoms with E-state index in [-0.39, 0.29) is 6.61 Å². The van der Waals surface area contributed by atoms with Gasteiger partial charge in [0.25, 0.3) is 0 Å². The summed E-state index contributed by atoms with van der Waals surface area (Å²) in [5.74, 6) is 0.360. The molecule has 1 heterocycles. The predicted molar refractivity (Wildman–Crippen MR) is 64.8 cm³/mol. The summed E-state index contributed by atoms with van der Waals surface area (Å²) in [7, 11) is 0. The van der Waals surface area contributed by atoms with Crippen LogP contribution in [0.1, 0.15) is 13.3 Å². The summed E-state index contributed by atoms with van der Waals surface area (Å²) >= 11 is 0. The van der Waals surface area contributed by atoms with Crippen LogP contribution >= 0.6 is 0 Å². The lowest BCUT2D eigenvalue weighted by Crippen LogP contribution is -2.46. The molecule has 0 aromatic rings. The summed E-state index contributed by atoms with van der Waals surface area (Å²) in [5.41, 5.74) is 0. The van der Waals surface area contributed by atoms with Gasteiger partial charge in [-0.1, -0.05) is 12.7 Å². The van der Waals surface area contributed by atoms with Crippen LogP contribution in [0.3, 0.4) is 0 Å². The number of allylic oxidation sites excluding steroid dienone is 1. The van der Waals surface area contributed by atoms with Gasteiger partial charge in [0.15, 0.2) is 0 Å². The molecule has 1 rings (SSSR count). The van der Waals surface area contributed by atoms with E-state index in [9.17, 15) is 10.2 Å². The number of aliphatic hydroxyl groups excluding tert-OH is 2. The van der Waals surface area contributed by atoms with Crippen molar-refractivity contribution in [1.82, 2.24) is 0 Å². The third-order valence-electron chi connectivity index (χ3n) is 2.44. The van der Waals surface area contributed by atoms with Gasteiger partial charge in [-0.2, -0.15) is 0 Å². The van der Waals surface area contributed by atoms with E-state index >= 15 is 0 Å². The fraction of sp³-hybridized carbons (Fsp3) is 0.583. The first-order chi connectivity index (χ1) is 8.19. The molecule has 0 amide bonds. The standard InChI is InChI=1S/C12H19NO4/c1-3-6-13-11(4-2)17-8-10-12(15)9(14)5-7-16-10/h3-4,6,9-10,12,14-15H,2,5,7-8H2,1H3/b6-3-,13-11?/t9-,10-,12-/m1/s1. The summed E-state index contributed by atoms with van der Waals surface area (Å²) in [5, 5.41) is 19.1. The van der Waals surface area contributed by atoms with E-state index in [1.54, 1.807) is 12.3 Å². The van der Waals surface area contributed by atoms with E-state index in [1.165, 1.54) is 6.08 Å². The van der Waals surface area contributed by atoms with Crippen molar-refractivity contribution in [2.75, 3.05) is 13.2 Å². The van der Waals surface area contributed by atoms with E-state index in [0.29, 0.717) is 18.9 Å². The Bertz CT molecular complexity index is 301. The average Bonchev–Trinajstić information content (AvgIpc) is 2.34. The Morgan fingerprint density at radius 2 is 2.35 bits per heavy atom. The minimum Gasteiger partial charge on any atom is -0.475 e. The molecule has 0 aromatic heterocycles. The van der Waals surface area contributed by atoms with Gasteiger partial charge in [-0.3, -0.25) is 0 Å². The van der Waals surface area contributed by atoms with Crippen molar-refractivity contribution in [3.8, 4) is 0 Å². The van der Waals surface area contributed by atoms with Gasteiger partial charge in [0.2, 0.25) is 5.90 Å². The van der Waals surface area contributed by atoms with Crippen LogP contribution in [0.2, 0.25) is 0 Å². The Balaban J connectivity index is 2.45. The molecule has 5 nitrogen and oxygen atoms in total. The molecule has 17 heavy (non-hydrogen) atoms. The number of hydrogen-bond acceptors (Lipinski definition) is 5. The molecule has 1 aliphatic heterocycles. The van der Waals surface area contributed by atoms with Crippen molar-refractivity contribution in [3.63, 3.8) is 0 Å². The maximum Gasteiger partial charge on any atom is 0.212 e. The lowest BCUT2D eigenvalue weighted by atomic mass is 10.0. The van der Waals surface area contributed by atoms with Crippen molar-refractivity contribution < 1.29 is 19.7 Å². The molecule has 0 bridgehead atoms. The molecule has 96 valence electrons. The van der Waals surface area contributed by atoms with Crippen LogP contribution in [-0.4, -0.2) is 47.6 Å². The lowest BCUT2D eigenvalue weighted by Gasteiger charge is -2.31. The Morgan fingerprint density at radius 1 is 1.59 bits per heavy atom.